The maximum absolute atomic E-state index is 13.4. The van der Waals surface area contributed by atoms with E-state index < -0.39 is 11.4 Å². The number of fused-ring (bicyclic) bond motifs is 1. The lowest BCUT2D eigenvalue weighted by molar-refractivity contribution is 0.0192. The predicted molar refractivity (Wildman–Crippen MR) is 160 cm³/mol. The summed E-state index contributed by atoms with van der Waals surface area (Å²) in [5.74, 6) is 0.138. The van der Waals surface area contributed by atoms with Gasteiger partial charge in [0.1, 0.15) is 0 Å². The number of carbonyl (C=O) groups excluding carboxylic acids is 1. The van der Waals surface area contributed by atoms with Gasteiger partial charge in [0.05, 0.1) is 36.4 Å². The standard InChI is InChI=1S/C32H35N5O5/c1-3-41-31-35-27-10-6-9-26(30(40)42-20-32(2,15-17-38)16-18-39)28(27)37(31)19-22-11-13-23(14-12-22)24-7-4-5-8-25(24)29-33-21-34-36-29/h4-14,38-39H,3,15-21H2,1-2H3. The Morgan fingerprint density at radius 2 is 1.71 bits per heavy atom. The van der Waals surface area contributed by atoms with Gasteiger partial charge in [-0.15, -0.1) is 5.11 Å². The van der Waals surface area contributed by atoms with Gasteiger partial charge < -0.3 is 19.7 Å². The van der Waals surface area contributed by atoms with Crippen LogP contribution in [0.4, 0.5) is 0 Å². The zero-order chi connectivity index (χ0) is 29.5. The maximum Gasteiger partial charge on any atom is 0.340 e. The predicted octanol–water partition coefficient (Wildman–Crippen LogP) is 5.25. The van der Waals surface area contributed by atoms with Gasteiger partial charge in [0.25, 0.3) is 6.01 Å². The molecule has 0 saturated heterocycles. The third-order valence-electron chi connectivity index (χ3n) is 7.43. The van der Waals surface area contributed by atoms with E-state index in [4.69, 9.17) is 9.47 Å². The minimum absolute atomic E-state index is 0.0572. The van der Waals surface area contributed by atoms with Gasteiger partial charge in [0.2, 0.25) is 0 Å². The van der Waals surface area contributed by atoms with Crippen molar-refractivity contribution in [2.24, 2.45) is 20.6 Å². The molecular weight excluding hydrogens is 534 g/mol. The summed E-state index contributed by atoms with van der Waals surface area (Å²) in [7, 11) is 0. The van der Waals surface area contributed by atoms with Crippen LogP contribution >= 0.6 is 0 Å². The molecule has 0 atom stereocenters. The smallest absolute Gasteiger partial charge is 0.340 e. The number of rotatable bonds is 13. The second kappa shape index (κ2) is 13.1. The Balaban J connectivity index is 1.44. The molecule has 0 saturated carbocycles. The average molecular weight is 570 g/mol. The topological polar surface area (TPSA) is 131 Å². The fourth-order valence-corrected chi connectivity index (χ4v) is 5.11. The van der Waals surface area contributed by atoms with E-state index in [2.05, 4.69) is 32.3 Å². The number of ether oxygens (including phenoxy) is 2. The highest BCUT2D eigenvalue weighted by atomic mass is 16.5. The molecule has 1 aliphatic heterocycles. The number of benzene rings is 3. The summed E-state index contributed by atoms with van der Waals surface area (Å²) in [6, 6.07) is 21.9. The first-order valence-corrected chi connectivity index (χ1v) is 14.1. The summed E-state index contributed by atoms with van der Waals surface area (Å²) in [5, 5.41) is 27.1. The Kier molecular flexibility index (Phi) is 9.04. The highest BCUT2D eigenvalue weighted by molar-refractivity contribution is 6.05. The number of aromatic nitrogens is 2. The van der Waals surface area contributed by atoms with E-state index in [1.807, 2.05) is 60.9 Å². The van der Waals surface area contributed by atoms with Gasteiger partial charge in [0.15, 0.2) is 12.5 Å². The molecule has 218 valence electrons. The van der Waals surface area contributed by atoms with Crippen molar-refractivity contribution in [3.63, 3.8) is 0 Å². The number of imidazole rings is 1. The first-order valence-electron chi connectivity index (χ1n) is 14.1. The number of para-hydroxylation sites is 1. The van der Waals surface area contributed by atoms with Crippen molar-refractivity contribution in [2.75, 3.05) is 33.1 Å². The van der Waals surface area contributed by atoms with Crippen LogP contribution in [0.15, 0.2) is 82.0 Å². The molecule has 0 fully saturated rings. The molecule has 2 N–H and O–H groups in total. The average Bonchev–Trinajstić information content (AvgIpc) is 3.66. The number of azo groups is 1. The lowest BCUT2D eigenvalue weighted by Crippen LogP contribution is -2.28. The number of esters is 1. The molecule has 4 aromatic rings. The number of carbonyl (C=O) groups is 1. The fourth-order valence-electron chi connectivity index (χ4n) is 5.11. The highest BCUT2D eigenvalue weighted by Gasteiger charge is 2.27. The van der Waals surface area contributed by atoms with Gasteiger partial charge in [-0.1, -0.05) is 61.5 Å². The molecule has 0 aliphatic carbocycles. The van der Waals surface area contributed by atoms with Crippen LogP contribution in [0.2, 0.25) is 0 Å². The number of aliphatic hydroxyl groups is 2. The molecule has 1 aliphatic rings. The van der Waals surface area contributed by atoms with Gasteiger partial charge in [-0.05, 0) is 48.6 Å². The summed E-state index contributed by atoms with van der Waals surface area (Å²) in [5.41, 5.74) is 5.06. The van der Waals surface area contributed by atoms with Crippen LogP contribution in [-0.4, -0.2) is 64.7 Å². The Morgan fingerprint density at radius 1 is 0.976 bits per heavy atom. The van der Waals surface area contributed by atoms with Crippen molar-refractivity contribution in [2.45, 2.75) is 33.2 Å². The van der Waals surface area contributed by atoms with E-state index in [9.17, 15) is 15.0 Å². The minimum Gasteiger partial charge on any atom is -0.465 e. The number of amidine groups is 1. The summed E-state index contributed by atoms with van der Waals surface area (Å²) < 4.78 is 13.5. The van der Waals surface area contributed by atoms with E-state index in [1.54, 1.807) is 12.1 Å². The van der Waals surface area contributed by atoms with Crippen LogP contribution in [0.5, 0.6) is 6.01 Å². The fraction of sp³-hybridized carbons (Fsp3) is 0.344. The van der Waals surface area contributed by atoms with Crippen molar-refractivity contribution in [3.05, 3.63) is 83.4 Å². The number of hydrogen-bond donors (Lipinski definition) is 2. The van der Waals surface area contributed by atoms with Crippen molar-refractivity contribution in [1.82, 2.24) is 9.55 Å². The Hall–Kier alpha value is -4.41. The molecule has 0 amide bonds. The maximum atomic E-state index is 13.4. The first kappa shape index (κ1) is 29.1. The second-order valence-corrected chi connectivity index (χ2v) is 10.5. The third kappa shape index (κ3) is 6.24. The van der Waals surface area contributed by atoms with Crippen molar-refractivity contribution < 1.29 is 24.5 Å². The molecule has 42 heavy (non-hydrogen) atoms. The summed E-state index contributed by atoms with van der Waals surface area (Å²) in [4.78, 5) is 22.4. The van der Waals surface area contributed by atoms with Crippen LogP contribution in [-0.2, 0) is 11.3 Å². The normalized spacial score (nSPS) is 13.0. The molecule has 10 heteroatoms. The van der Waals surface area contributed by atoms with Crippen LogP contribution in [0.25, 0.3) is 22.2 Å². The van der Waals surface area contributed by atoms with E-state index in [0.717, 1.165) is 22.3 Å². The quantitative estimate of drug-likeness (QED) is 0.212. The zero-order valence-electron chi connectivity index (χ0n) is 23.9. The molecule has 0 radical (unpaired) electrons. The monoisotopic (exact) mass is 569 g/mol. The Morgan fingerprint density at radius 3 is 2.38 bits per heavy atom. The number of nitrogens with zero attached hydrogens (tertiary/aromatic N) is 5. The van der Waals surface area contributed by atoms with E-state index in [0.29, 0.717) is 61.1 Å². The van der Waals surface area contributed by atoms with Crippen LogP contribution in [0, 0.1) is 5.41 Å². The molecule has 10 nitrogen and oxygen atoms in total. The molecule has 0 unspecified atom stereocenters. The van der Waals surface area contributed by atoms with E-state index in [1.165, 1.54) is 0 Å². The Labute approximate surface area is 244 Å². The largest absolute Gasteiger partial charge is 0.465 e. The third-order valence-corrected chi connectivity index (χ3v) is 7.43. The van der Waals surface area contributed by atoms with E-state index >= 15 is 0 Å². The molecule has 0 bridgehead atoms. The second-order valence-electron chi connectivity index (χ2n) is 10.5. The molecule has 5 rings (SSSR count). The summed E-state index contributed by atoms with van der Waals surface area (Å²) >= 11 is 0. The van der Waals surface area contributed by atoms with Gasteiger partial charge in [0, 0.05) is 24.2 Å². The summed E-state index contributed by atoms with van der Waals surface area (Å²) in [6.07, 6.45) is 0.826. The molecular formula is C32H35N5O5. The van der Waals surface area contributed by atoms with Crippen LogP contribution < -0.4 is 4.74 Å². The molecule has 2 heterocycles. The minimum atomic E-state index is -0.530. The van der Waals surface area contributed by atoms with Gasteiger partial charge in [-0.3, -0.25) is 4.57 Å². The van der Waals surface area contributed by atoms with Crippen molar-refractivity contribution >= 4 is 22.8 Å². The molecule has 1 aromatic heterocycles. The molecule has 3 aromatic carbocycles. The lowest BCUT2D eigenvalue weighted by atomic mass is 9.85. The van der Waals surface area contributed by atoms with Gasteiger partial charge in [-0.2, -0.15) is 10.1 Å². The SMILES string of the molecule is CCOc1nc2cccc(C(=O)OCC(C)(CCO)CCO)c2n1Cc1ccc(-c2ccccc2C2=NCN=N2)cc1. The zero-order valence-corrected chi connectivity index (χ0v) is 23.9. The van der Waals surface area contributed by atoms with Crippen molar-refractivity contribution in [3.8, 4) is 17.1 Å². The first-order chi connectivity index (χ1) is 20.5. The van der Waals surface area contributed by atoms with Gasteiger partial charge >= 0.3 is 5.97 Å². The number of aliphatic hydroxyl groups excluding tert-OH is 2. The lowest BCUT2D eigenvalue weighted by Gasteiger charge is -2.27. The van der Waals surface area contributed by atoms with E-state index in [-0.39, 0.29) is 19.8 Å². The highest BCUT2D eigenvalue weighted by Crippen LogP contribution is 2.31. The number of hydrogen-bond acceptors (Lipinski definition) is 9. The number of aliphatic imine (C=N–C) groups is 1. The van der Waals surface area contributed by atoms with Gasteiger partial charge in [-0.25, -0.2) is 9.79 Å². The molecule has 0 spiro atoms. The Bertz CT molecular complexity index is 1600. The van der Waals surface area contributed by atoms with Crippen LogP contribution in [0.3, 0.4) is 0 Å². The van der Waals surface area contributed by atoms with Crippen LogP contribution in [0.1, 0.15) is 48.2 Å². The van der Waals surface area contributed by atoms with Crippen molar-refractivity contribution in [1.29, 1.82) is 0 Å². The summed E-state index contributed by atoms with van der Waals surface area (Å²) in [6.45, 7) is 4.93.